The highest BCUT2D eigenvalue weighted by atomic mass is 79.9. The average Bonchev–Trinajstić information content (AvgIpc) is 2.44. The molecule has 0 saturated heterocycles. The van der Waals surface area contributed by atoms with Gasteiger partial charge in [0.1, 0.15) is 6.54 Å². The summed E-state index contributed by atoms with van der Waals surface area (Å²) in [5.41, 5.74) is 1.69. The summed E-state index contributed by atoms with van der Waals surface area (Å²) in [7, 11) is 0. The number of carboxylic acids is 1. The predicted octanol–water partition coefficient (Wildman–Crippen LogP) is 2.19. The van der Waals surface area contributed by atoms with Crippen molar-refractivity contribution in [2.75, 3.05) is 0 Å². The molecule has 1 heterocycles. The number of carbonyl (C=O) groups is 1. The van der Waals surface area contributed by atoms with Crippen LogP contribution in [0.25, 0.3) is 10.9 Å². The second-order valence-corrected chi connectivity index (χ2v) is 4.21. The van der Waals surface area contributed by atoms with E-state index in [9.17, 15) is 4.79 Å². The van der Waals surface area contributed by atoms with Crippen LogP contribution < -0.4 is 0 Å². The molecule has 0 radical (unpaired) electrons. The van der Waals surface area contributed by atoms with Gasteiger partial charge < -0.3 is 5.11 Å². The number of aryl methyl sites for hydroxylation is 1. The largest absolute Gasteiger partial charge is 0.480 e. The topological polar surface area (TPSA) is 55.1 Å². The lowest BCUT2D eigenvalue weighted by molar-refractivity contribution is -0.137. The van der Waals surface area contributed by atoms with Crippen LogP contribution in [0.4, 0.5) is 0 Å². The number of nitrogens with zero attached hydrogens (tertiary/aromatic N) is 2. The minimum Gasteiger partial charge on any atom is -0.480 e. The Hall–Kier alpha value is -1.36. The average molecular weight is 269 g/mol. The standard InChI is InChI=1S/C10H9BrN2O2/c1-6-8-4-7(11)2-3-9(8)12-13(6)5-10(14)15/h2-4H,5H2,1H3,(H,14,15). The first-order valence-electron chi connectivity index (χ1n) is 4.42. The summed E-state index contributed by atoms with van der Waals surface area (Å²) < 4.78 is 2.47. The van der Waals surface area contributed by atoms with Crippen LogP contribution in [0.1, 0.15) is 5.69 Å². The highest BCUT2D eigenvalue weighted by Crippen LogP contribution is 2.22. The number of fused-ring (bicyclic) bond motifs is 1. The van der Waals surface area contributed by atoms with Gasteiger partial charge in [0.25, 0.3) is 0 Å². The molecular weight excluding hydrogens is 260 g/mol. The van der Waals surface area contributed by atoms with Gasteiger partial charge in [-0.2, -0.15) is 5.10 Å². The molecule has 0 saturated carbocycles. The molecule has 2 rings (SSSR count). The van der Waals surface area contributed by atoms with Gasteiger partial charge in [-0.15, -0.1) is 0 Å². The third-order valence-electron chi connectivity index (χ3n) is 2.25. The summed E-state index contributed by atoms with van der Waals surface area (Å²) in [5.74, 6) is -0.884. The lowest BCUT2D eigenvalue weighted by Gasteiger charge is -1.98. The summed E-state index contributed by atoms with van der Waals surface area (Å²) in [6.45, 7) is 1.77. The van der Waals surface area contributed by atoms with Crippen molar-refractivity contribution in [3.05, 3.63) is 28.4 Å². The minimum absolute atomic E-state index is 0.0991. The summed E-state index contributed by atoms with van der Waals surface area (Å²) >= 11 is 3.37. The zero-order valence-electron chi connectivity index (χ0n) is 8.07. The summed E-state index contributed by atoms with van der Waals surface area (Å²) in [6, 6.07) is 5.70. The Balaban J connectivity index is 2.59. The van der Waals surface area contributed by atoms with Crippen molar-refractivity contribution in [3.8, 4) is 0 Å². The Morgan fingerprint density at radius 1 is 1.60 bits per heavy atom. The molecule has 0 unspecified atom stereocenters. The van der Waals surface area contributed by atoms with E-state index in [4.69, 9.17) is 5.11 Å². The van der Waals surface area contributed by atoms with Gasteiger partial charge >= 0.3 is 5.97 Å². The Morgan fingerprint density at radius 3 is 3.00 bits per heavy atom. The maximum atomic E-state index is 10.6. The highest BCUT2D eigenvalue weighted by Gasteiger charge is 2.09. The molecule has 0 aliphatic rings. The molecule has 78 valence electrons. The molecule has 0 atom stereocenters. The van der Waals surface area contributed by atoms with E-state index in [1.165, 1.54) is 4.68 Å². The normalized spacial score (nSPS) is 10.8. The first kappa shape index (κ1) is 10.2. The third kappa shape index (κ3) is 1.87. The number of aromatic nitrogens is 2. The Kier molecular flexibility index (Phi) is 2.48. The summed E-state index contributed by atoms with van der Waals surface area (Å²) in [5, 5.41) is 13.9. The van der Waals surface area contributed by atoms with Crippen molar-refractivity contribution in [1.82, 2.24) is 9.78 Å². The monoisotopic (exact) mass is 268 g/mol. The van der Waals surface area contributed by atoms with E-state index in [1.807, 2.05) is 25.1 Å². The van der Waals surface area contributed by atoms with Gasteiger partial charge in [0, 0.05) is 15.6 Å². The van der Waals surface area contributed by atoms with Crippen LogP contribution in [0.5, 0.6) is 0 Å². The van der Waals surface area contributed by atoms with E-state index in [-0.39, 0.29) is 6.54 Å². The number of aliphatic carboxylic acids is 1. The second kappa shape index (κ2) is 3.66. The van der Waals surface area contributed by atoms with E-state index in [0.717, 1.165) is 21.1 Å². The van der Waals surface area contributed by atoms with Crippen molar-refractivity contribution in [2.45, 2.75) is 13.5 Å². The van der Waals surface area contributed by atoms with Gasteiger partial charge in [0.15, 0.2) is 0 Å². The second-order valence-electron chi connectivity index (χ2n) is 3.30. The molecule has 2 aromatic rings. The fraction of sp³-hybridized carbons (Fsp3) is 0.200. The molecule has 0 aliphatic heterocycles. The summed E-state index contributed by atoms with van der Waals surface area (Å²) in [4.78, 5) is 10.6. The maximum Gasteiger partial charge on any atom is 0.325 e. The van der Waals surface area contributed by atoms with E-state index in [0.29, 0.717) is 0 Å². The zero-order valence-corrected chi connectivity index (χ0v) is 9.65. The maximum absolute atomic E-state index is 10.6. The van der Waals surface area contributed by atoms with Crippen molar-refractivity contribution in [2.24, 2.45) is 0 Å². The van der Waals surface area contributed by atoms with Crippen LogP contribution in [-0.2, 0) is 11.3 Å². The fourth-order valence-electron chi connectivity index (χ4n) is 1.51. The van der Waals surface area contributed by atoms with Crippen LogP contribution in [0.15, 0.2) is 22.7 Å². The number of hydrogen-bond acceptors (Lipinski definition) is 2. The molecule has 1 N–H and O–H groups in total. The highest BCUT2D eigenvalue weighted by molar-refractivity contribution is 9.10. The number of benzene rings is 1. The Labute approximate surface area is 94.6 Å². The molecule has 5 heteroatoms. The molecule has 4 nitrogen and oxygen atoms in total. The van der Waals surface area contributed by atoms with Gasteiger partial charge in [-0.05, 0) is 25.1 Å². The first-order chi connectivity index (χ1) is 7.08. The van der Waals surface area contributed by atoms with Crippen molar-refractivity contribution >= 4 is 32.8 Å². The smallest absolute Gasteiger partial charge is 0.325 e. The van der Waals surface area contributed by atoms with Crippen molar-refractivity contribution < 1.29 is 9.90 Å². The van der Waals surface area contributed by atoms with Crippen molar-refractivity contribution in [3.63, 3.8) is 0 Å². The molecule has 0 fully saturated rings. The number of halogens is 1. The van der Waals surface area contributed by atoms with E-state index in [2.05, 4.69) is 21.0 Å². The molecule has 0 spiro atoms. The lowest BCUT2D eigenvalue weighted by Crippen LogP contribution is -2.11. The van der Waals surface area contributed by atoms with E-state index >= 15 is 0 Å². The van der Waals surface area contributed by atoms with Gasteiger partial charge in [-0.3, -0.25) is 9.48 Å². The van der Waals surface area contributed by atoms with Gasteiger partial charge in [-0.1, -0.05) is 15.9 Å². The van der Waals surface area contributed by atoms with Crippen LogP contribution in [-0.4, -0.2) is 20.9 Å². The number of hydrogen-bond donors (Lipinski definition) is 1. The van der Waals surface area contributed by atoms with Crippen LogP contribution in [0.3, 0.4) is 0 Å². The first-order valence-corrected chi connectivity index (χ1v) is 5.21. The Morgan fingerprint density at radius 2 is 2.33 bits per heavy atom. The third-order valence-corrected chi connectivity index (χ3v) is 2.74. The molecule has 0 amide bonds. The molecule has 15 heavy (non-hydrogen) atoms. The van der Waals surface area contributed by atoms with Crippen LogP contribution in [0.2, 0.25) is 0 Å². The molecule has 0 aliphatic carbocycles. The Bertz CT molecular complexity index is 533. The molecule has 0 bridgehead atoms. The van der Waals surface area contributed by atoms with E-state index in [1.54, 1.807) is 0 Å². The van der Waals surface area contributed by atoms with Crippen molar-refractivity contribution in [1.29, 1.82) is 0 Å². The number of rotatable bonds is 2. The predicted molar refractivity (Wildman–Crippen MR) is 59.8 cm³/mol. The molecular formula is C10H9BrN2O2. The van der Waals surface area contributed by atoms with Gasteiger partial charge in [-0.25, -0.2) is 0 Å². The van der Waals surface area contributed by atoms with E-state index < -0.39 is 5.97 Å². The number of carboxylic acid groups (broad SMARTS) is 1. The van der Waals surface area contributed by atoms with Crippen LogP contribution in [0, 0.1) is 6.92 Å². The van der Waals surface area contributed by atoms with Crippen LogP contribution >= 0.6 is 15.9 Å². The quantitative estimate of drug-likeness (QED) is 0.909. The molecule has 1 aromatic heterocycles. The molecule has 1 aromatic carbocycles. The zero-order chi connectivity index (χ0) is 11.0. The minimum atomic E-state index is -0.884. The van der Waals surface area contributed by atoms with Gasteiger partial charge in [0.05, 0.1) is 5.52 Å². The fourth-order valence-corrected chi connectivity index (χ4v) is 1.87. The van der Waals surface area contributed by atoms with Gasteiger partial charge in [0.2, 0.25) is 0 Å². The summed E-state index contributed by atoms with van der Waals surface area (Å²) in [6.07, 6.45) is 0. The lowest BCUT2D eigenvalue weighted by atomic mass is 10.2. The SMILES string of the molecule is Cc1c2cc(Br)ccc2nn1CC(=O)O.